The molecule has 1 amide bonds. The zero-order valence-electron chi connectivity index (χ0n) is 17.3. The molecule has 2 aromatic rings. The maximum atomic E-state index is 12.6. The summed E-state index contributed by atoms with van der Waals surface area (Å²) in [6.07, 6.45) is 0. The van der Waals surface area contributed by atoms with Gasteiger partial charge in [-0.25, -0.2) is 8.42 Å². The van der Waals surface area contributed by atoms with E-state index >= 15 is 0 Å². The lowest BCUT2D eigenvalue weighted by atomic mass is 10.2. The molecule has 0 radical (unpaired) electrons. The summed E-state index contributed by atoms with van der Waals surface area (Å²) in [6.45, 7) is 3.89. The number of benzene rings is 2. The molecule has 1 N–H and O–H groups in total. The average molecular weight is 457 g/mol. The minimum Gasteiger partial charge on any atom is -0.497 e. The molecule has 2 aromatic carbocycles. The standard InChI is InChI=1S/C20H25ClN2O6S/c1-5-23(6-2)30(25,26)15-8-10-18(16(21)12-15)29-13-20(24)22-17-11-14(27-3)7-9-19(17)28-4/h7-12H,5-6,13H2,1-4H3,(H,22,24). The second kappa shape index (κ2) is 10.5. The molecule has 0 saturated carbocycles. The Kier molecular flexibility index (Phi) is 8.33. The SMILES string of the molecule is CCN(CC)S(=O)(=O)c1ccc(OCC(=O)Nc2cc(OC)ccc2OC)c(Cl)c1. The van der Waals surface area contributed by atoms with Crippen LogP contribution in [0.4, 0.5) is 5.69 Å². The Bertz CT molecular complexity index is 993. The summed E-state index contributed by atoms with van der Waals surface area (Å²) in [7, 11) is -0.634. The molecule has 0 aliphatic carbocycles. The lowest BCUT2D eigenvalue weighted by molar-refractivity contribution is -0.118. The van der Waals surface area contributed by atoms with E-state index in [0.29, 0.717) is 30.3 Å². The van der Waals surface area contributed by atoms with Crippen molar-refractivity contribution in [1.82, 2.24) is 4.31 Å². The van der Waals surface area contributed by atoms with Gasteiger partial charge in [0, 0.05) is 19.2 Å². The van der Waals surface area contributed by atoms with Crippen molar-refractivity contribution in [2.24, 2.45) is 0 Å². The summed E-state index contributed by atoms with van der Waals surface area (Å²) >= 11 is 6.18. The van der Waals surface area contributed by atoms with Crippen LogP contribution >= 0.6 is 11.6 Å². The van der Waals surface area contributed by atoms with Crippen LogP contribution in [0.25, 0.3) is 0 Å². The van der Waals surface area contributed by atoms with Gasteiger partial charge in [0.1, 0.15) is 17.2 Å². The van der Waals surface area contributed by atoms with Gasteiger partial charge < -0.3 is 19.5 Å². The highest BCUT2D eigenvalue weighted by molar-refractivity contribution is 7.89. The molecule has 0 spiro atoms. The Hall–Kier alpha value is -2.49. The van der Waals surface area contributed by atoms with Gasteiger partial charge in [0.15, 0.2) is 6.61 Å². The van der Waals surface area contributed by atoms with Crippen molar-refractivity contribution in [1.29, 1.82) is 0 Å². The van der Waals surface area contributed by atoms with Gasteiger partial charge >= 0.3 is 0 Å². The molecule has 0 unspecified atom stereocenters. The van der Waals surface area contributed by atoms with E-state index in [1.54, 1.807) is 32.0 Å². The zero-order valence-corrected chi connectivity index (χ0v) is 18.8. The number of carbonyl (C=O) groups is 1. The fraction of sp³-hybridized carbons (Fsp3) is 0.350. The van der Waals surface area contributed by atoms with Crippen LogP contribution < -0.4 is 19.5 Å². The first-order valence-electron chi connectivity index (χ1n) is 9.21. The third-order valence-corrected chi connectivity index (χ3v) is 6.63. The lowest BCUT2D eigenvalue weighted by Crippen LogP contribution is -2.30. The van der Waals surface area contributed by atoms with Gasteiger partial charge in [-0.1, -0.05) is 25.4 Å². The Morgan fingerprint density at radius 3 is 2.27 bits per heavy atom. The maximum Gasteiger partial charge on any atom is 0.262 e. The van der Waals surface area contributed by atoms with Gasteiger partial charge in [-0.05, 0) is 30.3 Å². The molecule has 0 aliphatic rings. The Morgan fingerprint density at radius 1 is 1.03 bits per heavy atom. The molecular formula is C20H25ClN2O6S. The molecule has 2 rings (SSSR count). The molecule has 0 atom stereocenters. The van der Waals surface area contributed by atoms with E-state index < -0.39 is 15.9 Å². The summed E-state index contributed by atoms with van der Waals surface area (Å²) in [5.41, 5.74) is 0.428. The summed E-state index contributed by atoms with van der Waals surface area (Å²) < 4.78 is 42.3. The van der Waals surface area contributed by atoms with Crippen molar-refractivity contribution < 1.29 is 27.4 Å². The van der Waals surface area contributed by atoms with Gasteiger partial charge in [0.05, 0.1) is 29.8 Å². The lowest BCUT2D eigenvalue weighted by Gasteiger charge is -2.19. The molecule has 10 heteroatoms. The van der Waals surface area contributed by atoms with Crippen molar-refractivity contribution in [3.05, 3.63) is 41.4 Å². The topological polar surface area (TPSA) is 94.2 Å². The van der Waals surface area contributed by atoms with E-state index in [2.05, 4.69) is 5.32 Å². The Morgan fingerprint density at radius 2 is 1.70 bits per heavy atom. The zero-order chi connectivity index (χ0) is 22.3. The fourth-order valence-corrected chi connectivity index (χ4v) is 4.50. The first-order valence-corrected chi connectivity index (χ1v) is 11.0. The first kappa shape index (κ1) is 23.8. The van der Waals surface area contributed by atoms with Crippen molar-refractivity contribution in [2.75, 3.05) is 39.2 Å². The van der Waals surface area contributed by atoms with E-state index in [1.807, 2.05) is 0 Å². The molecular weight excluding hydrogens is 432 g/mol. The number of ether oxygens (including phenoxy) is 3. The highest BCUT2D eigenvalue weighted by atomic mass is 35.5. The third kappa shape index (κ3) is 5.56. The second-order valence-electron chi connectivity index (χ2n) is 6.08. The normalized spacial score (nSPS) is 11.3. The average Bonchev–Trinajstić information content (AvgIpc) is 2.73. The number of hydrogen-bond acceptors (Lipinski definition) is 6. The molecule has 0 aromatic heterocycles. The number of rotatable bonds is 10. The minimum absolute atomic E-state index is 0.0640. The molecule has 164 valence electrons. The van der Waals surface area contributed by atoms with Gasteiger partial charge in [-0.3, -0.25) is 4.79 Å². The molecule has 0 aliphatic heterocycles. The van der Waals surface area contributed by atoms with Gasteiger partial charge in [-0.15, -0.1) is 0 Å². The number of amides is 1. The van der Waals surface area contributed by atoms with Crippen molar-refractivity contribution in [3.63, 3.8) is 0 Å². The fourth-order valence-electron chi connectivity index (χ4n) is 2.71. The van der Waals surface area contributed by atoms with Crippen LogP contribution in [0.3, 0.4) is 0 Å². The Labute approximate surface area is 181 Å². The summed E-state index contributed by atoms with van der Waals surface area (Å²) in [4.78, 5) is 12.3. The molecule has 0 saturated heterocycles. The molecule has 0 fully saturated rings. The number of nitrogens with zero attached hydrogens (tertiary/aromatic N) is 1. The molecule has 0 bridgehead atoms. The molecule has 8 nitrogen and oxygen atoms in total. The van der Waals surface area contributed by atoms with Crippen LogP contribution in [-0.2, 0) is 14.8 Å². The van der Waals surface area contributed by atoms with E-state index in [4.69, 9.17) is 25.8 Å². The minimum atomic E-state index is -3.64. The first-order chi connectivity index (χ1) is 14.3. The number of nitrogens with one attached hydrogen (secondary N) is 1. The van der Waals surface area contributed by atoms with Crippen LogP contribution in [-0.4, -0.2) is 52.5 Å². The highest BCUT2D eigenvalue weighted by Gasteiger charge is 2.22. The van der Waals surface area contributed by atoms with Crippen molar-refractivity contribution in [3.8, 4) is 17.2 Å². The van der Waals surface area contributed by atoms with Crippen LogP contribution in [0.15, 0.2) is 41.3 Å². The highest BCUT2D eigenvalue weighted by Crippen LogP contribution is 2.30. The largest absolute Gasteiger partial charge is 0.497 e. The number of hydrogen-bond donors (Lipinski definition) is 1. The monoisotopic (exact) mass is 456 g/mol. The number of carbonyl (C=O) groups excluding carboxylic acids is 1. The van der Waals surface area contributed by atoms with Crippen LogP contribution in [0.1, 0.15) is 13.8 Å². The Balaban J connectivity index is 2.09. The van der Waals surface area contributed by atoms with Crippen molar-refractivity contribution in [2.45, 2.75) is 18.7 Å². The van der Waals surface area contributed by atoms with E-state index in [0.717, 1.165) is 0 Å². The smallest absolute Gasteiger partial charge is 0.262 e. The summed E-state index contributed by atoms with van der Waals surface area (Å²) in [5, 5.41) is 2.77. The predicted molar refractivity (Wildman–Crippen MR) is 115 cm³/mol. The number of halogens is 1. The van der Waals surface area contributed by atoms with Crippen molar-refractivity contribution >= 4 is 33.2 Å². The van der Waals surface area contributed by atoms with E-state index in [-0.39, 0.29) is 22.3 Å². The summed E-state index contributed by atoms with van der Waals surface area (Å²) in [5.74, 6) is 0.772. The van der Waals surface area contributed by atoms with E-state index in [9.17, 15) is 13.2 Å². The van der Waals surface area contributed by atoms with E-state index in [1.165, 1.54) is 36.7 Å². The maximum absolute atomic E-state index is 12.6. The van der Waals surface area contributed by atoms with Gasteiger partial charge in [-0.2, -0.15) is 4.31 Å². The number of sulfonamides is 1. The van der Waals surface area contributed by atoms with Crippen LogP contribution in [0.2, 0.25) is 5.02 Å². The van der Waals surface area contributed by atoms with Crippen LogP contribution in [0, 0.1) is 0 Å². The quantitative estimate of drug-likeness (QED) is 0.588. The molecule has 30 heavy (non-hydrogen) atoms. The van der Waals surface area contributed by atoms with Gasteiger partial charge in [0.2, 0.25) is 10.0 Å². The second-order valence-corrected chi connectivity index (χ2v) is 8.43. The van der Waals surface area contributed by atoms with Gasteiger partial charge in [0.25, 0.3) is 5.91 Å². The molecule has 0 heterocycles. The third-order valence-electron chi connectivity index (χ3n) is 4.29. The number of methoxy groups -OCH3 is 2. The predicted octanol–water partition coefficient (Wildman–Crippen LogP) is 3.41. The van der Waals surface area contributed by atoms with Crippen LogP contribution in [0.5, 0.6) is 17.2 Å². The number of anilines is 1. The summed E-state index contributed by atoms with van der Waals surface area (Å²) in [6, 6.07) is 9.14.